The van der Waals surface area contributed by atoms with Gasteiger partial charge < -0.3 is 14.9 Å². The van der Waals surface area contributed by atoms with Crippen molar-refractivity contribution in [2.45, 2.75) is 26.8 Å². The number of aromatic hydroxyl groups is 2. The lowest BCUT2D eigenvalue weighted by molar-refractivity contribution is 0.100. The van der Waals surface area contributed by atoms with E-state index in [9.17, 15) is 10.2 Å². The monoisotopic (exact) mass is 253 g/mol. The van der Waals surface area contributed by atoms with Gasteiger partial charge in [-0.3, -0.25) is 4.90 Å². The van der Waals surface area contributed by atoms with Gasteiger partial charge in [0.25, 0.3) is 0 Å². The third-order valence-electron chi connectivity index (χ3n) is 3.09. The van der Waals surface area contributed by atoms with Crippen LogP contribution in [0.4, 0.5) is 0 Å². The van der Waals surface area contributed by atoms with Crippen molar-refractivity contribution in [2.75, 3.05) is 26.3 Å². The van der Waals surface area contributed by atoms with E-state index in [-0.39, 0.29) is 17.5 Å². The molecule has 1 aromatic carbocycles. The molecule has 4 heteroatoms. The summed E-state index contributed by atoms with van der Waals surface area (Å²) in [7, 11) is 0. The van der Waals surface area contributed by atoms with Crippen molar-refractivity contribution in [3.63, 3.8) is 0 Å². The molecule has 0 amide bonds. The minimum atomic E-state index is 0.0951. The normalized spacial score (nSPS) is 12.9. The second kappa shape index (κ2) is 7.24. The SMILES string of the molecule is CCOCCN(CC)C(C)c1cc(O)cc(O)c1. The average molecular weight is 253 g/mol. The molecule has 18 heavy (non-hydrogen) atoms. The van der Waals surface area contributed by atoms with Crippen molar-refractivity contribution in [3.05, 3.63) is 23.8 Å². The van der Waals surface area contributed by atoms with Crippen LogP contribution in [0.5, 0.6) is 11.5 Å². The lowest BCUT2D eigenvalue weighted by Gasteiger charge is -2.28. The van der Waals surface area contributed by atoms with E-state index in [2.05, 4.69) is 18.7 Å². The first-order valence-electron chi connectivity index (χ1n) is 6.43. The predicted molar refractivity (Wildman–Crippen MR) is 71.9 cm³/mol. The first kappa shape index (κ1) is 14.8. The van der Waals surface area contributed by atoms with Crippen LogP contribution in [-0.2, 0) is 4.74 Å². The number of benzene rings is 1. The third-order valence-corrected chi connectivity index (χ3v) is 3.09. The summed E-state index contributed by atoms with van der Waals surface area (Å²) in [5.41, 5.74) is 0.908. The van der Waals surface area contributed by atoms with Crippen LogP contribution >= 0.6 is 0 Å². The Labute approximate surface area is 109 Å². The highest BCUT2D eigenvalue weighted by Crippen LogP contribution is 2.27. The molecule has 1 aromatic rings. The highest BCUT2D eigenvalue weighted by Gasteiger charge is 2.15. The van der Waals surface area contributed by atoms with Gasteiger partial charge in [0.05, 0.1) is 6.61 Å². The molecular formula is C14H23NO3. The number of hydrogen-bond donors (Lipinski definition) is 2. The van der Waals surface area contributed by atoms with E-state index in [1.807, 2.05) is 6.92 Å². The van der Waals surface area contributed by atoms with Crippen molar-refractivity contribution in [1.29, 1.82) is 0 Å². The number of likely N-dealkylation sites (N-methyl/N-ethyl adjacent to an activating group) is 1. The van der Waals surface area contributed by atoms with E-state index < -0.39 is 0 Å². The van der Waals surface area contributed by atoms with Crippen molar-refractivity contribution in [2.24, 2.45) is 0 Å². The fourth-order valence-corrected chi connectivity index (χ4v) is 2.02. The molecule has 1 unspecified atom stereocenters. The summed E-state index contributed by atoms with van der Waals surface area (Å²) in [5.74, 6) is 0.190. The molecule has 0 radical (unpaired) electrons. The smallest absolute Gasteiger partial charge is 0.119 e. The topological polar surface area (TPSA) is 52.9 Å². The second-order valence-corrected chi connectivity index (χ2v) is 4.28. The van der Waals surface area contributed by atoms with Crippen LogP contribution < -0.4 is 0 Å². The van der Waals surface area contributed by atoms with Crippen LogP contribution in [0.15, 0.2) is 18.2 Å². The Morgan fingerprint density at radius 2 is 1.78 bits per heavy atom. The van der Waals surface area contributed by atoms with E-state index in [0.717, 1.165) is 25.3 Å². The van der Waals surface area contributed by atoms with Crippen LogP contribution in [0.1, 0.15) is 32.4 Å². The lowest BCUT2D eigenvalue weighted by atomic mass is 10.1. The third kappa shape index (κ3) is 4.20. The van der Waals surface area contributed by atoms with Crippen molar-refractivity contribution >= 4 is 0 Å². The maximum atomic E-state index is 9.51. The van der Waals surface area contributed by atoms with Crippen molar-refractivity contribution < 1.29 is 14.9 Å². The minimum Gasteiger partial charge on any atom is -0.508 e. The molecular weight excluding hydrogens is 230 g/mol. The van der Waals surface area contributed by atoms with Gasteiger partial charge in [0.15, 0.2) is 0 Å². The van der Waals surface area contributed by atoms with E-state index in [0.29, 0.717) is 6.61 Å². The number of hydrogen-bond acceptors (Lipinski definition) is 4. The Bertz CT molecular complexity index is 348. The van der Waals surface area contributed by atoms with E-state index in [4.69, 9.17) is 4.74 Å². The fraction of sp³-hybridized carbons (Fsp3) is 0.571. The summed E-state index contributed by atoms with van der Waals surface area (Å²) in [4.78, 5) is 2.24. The highest BCUT2D eigenvalue weighted by molar-refractivity contribution is 5.37. The van der Waals surface area contributed by atoms with Crippen LogP contribution in [0, 0.1) is 0 Å². The summed E-state index contributed by atoms with van der Waals surface area (Å²) in [6, 6.07) is 4.85. The second-order valence-electron chi connectivity index (χ2n) is 4.28. The predicted octanol–water partition coefficient (Wildman–Crippen LogP) is 2.52. The van der Waals surface area contributed by atoms with Gasteiger partial charge in [0, 0.05) is 25.3 Å². The Hall–Kier alpha value is -1.26. The molecule has 4 nitrogen and oxygen atoms in total. The van der Waals surface area contributed by atoms with Gasteiger partial charge in [0.2, 0.25) is 0 Å². The largest absolute Gasteiger partial charge is 0.508 e. The minimum absolute atomic E-state index is 0.0951. The summed E-state index contributed by atoms with van der Waals surface area (Å²) in [6.45, 7) is 9.27. The molecule has 0 fully saturated rings. The van der Waals surface area contributed by atoms with Gasteiger partial charge >= 0.3 is 0 Å². The number of phenols is 2. The molecule has 0 aliphatic rings. The first-order valence-corrected chi connectivity index (χ1v) is 6.43. The van der Waals surface area contributed by atoms with Gasteiger partial charge in [-0.15, -0.1) is 0 Å². The molecule has 102 valence electrons. The molecule has 0 heterocycles. The number of ether oxygens (including phenoxy) is 1. The quantitative estimate of drug-likeness (QED) is 0.733. The number of phenolic OH excluding ortho intramolecular Hbond substituents is 2. The molecule has 0 bridgehead atoms. The van der Waals surface area contributed by atoms with Crippen LogP contribution in [0.25, 0.3) is 0 Å². The maximum absolute atomic E-state index is 9.51. The summed E-state index contributed by atoms with van der Waals surface area (Å²) >= 11 is 0. The Balaban J connectivity index is 2.72. The van der Waals surface area contributed by atoms with Gasteiger partial charge in [-0.2, -0.15) is 0 Å². The van der Waals surface area contributed by atoms with E-state index >= 15 is 0 Å². The molecule has 0 aliphatic carbocycles. The lowest BCUT2D eigenvalue weighted by Crippen LogP contribution is -2.30. The molecule has 0 aromatic heterocycles. The van der Waals surface area contributed by atoms with Gasteiger partial charge in [-0.05, 0) is 38.1 Å². The van der Waals surface area contributed by atoms with Gasteiger partial charge in [-0.25, -0.2) is 0 Å². The molecule has 2 N–H and O–H groups in total. The zero-order valence-electron chi connectivity index (χ0n) is 11.4. The van der Waals surface area contributed by atoms with Crippen LogP contribution in [0.2, 0.25) is 0 Å². The van der Waals surface area contributed by atoms with Crippen molar-refractivity contribution in [1.82, 2.24) is 4.90 Å². The summed E-state index contributed by atoms with van der Waals surface area (Å²) in [5, 5.41) is 19.0. The molecule has 0 saturated carbocycles. The fourth-order valence-electron chi connectivity index (χ4n) is 2.02. The average Bonchev–Trinajstić information content (AvgIpc) is 2.33. The summed E-state index contributed by atoms with van der Waals surface area (Å²) < 4.78 is 5.36. The molecule has 0 spiro atoms. The Kier molecular flexibility index (Phi) is 5.95. The van der Waals surface area contributed by atoms with Gasteiger partial charge in [-0.1, -0.05) is 6.92 Å². The zero-order chi connectivity index (χ0) is 13.5. The Morgan fingerprint density at radius 1 is 1.17 bits per heavy atom. The first-order chi connectivity index (χ1) is 8.58. The maximum Gasteiger partial charge on any atom is 0.119 e. The summed E-state index contributed by atoms with van der Waals surface area (Å²) in [6.07, 6.45) is 0. The molecule has 0 aliphatic heterocycles. The molecule has 1 rings (SSSR count). The standard InChI is InChI=1S/C14H23NO3/c1-4-15(6-7-18-5-2)11(3)12-8-13(16)10-14(17)9-12/h8-11,16-17H,4-7H2,1-3H3. The molecule has 1 atom stereocenters. The van der Waals surface area contributed by atoms with Crippen LogP contribution in [-0.4, -0.2) is 41.4 Å². The van der Waals surface area contributed by atoms with E-state index in [1.54, 1.807) is 12.1 Å². The zero-order valence-corrected chi connectivity index (χ0v) is 11.4. The van der Waals surface area contributed by atoms with E-state index in [1.165, 1.54) is 6.07 Å². The number of nitrogens with zero attached hydrogens (tertiary/aromatic N) is 1. The number of rotatable bonds is 7. The Morgan fingerprint density at radius 3 is 2.28 bits per heavy atom. The van der Waals surface area contributed by atoms with Gasteiger partial charge in [0.1, 0.15) is 11.5 Å². The molecule has 0 saturated heterocycles. The van der Waals surface area contributed by atoms with Crippen LogP contribution in [0.3, 0.4) is 0 Å². The van der Waals surface area contributed by atoms with Crippen molar-refractivity contribution in [3.8, 4) is 11.5 Å². The highest BCUT2D eigenvalue weighted by atomic mass is 16.5.